The molecular formula is C8H17N3Si. The number of allylic oxidation sites excluding steroid dienone is 1. The smallest absolute Gasteiger partial charge is 0.0480 e. The number of hydrogen-bond acceptors (Lipinski definition) is 1. The van der Waals surface area contributed by atoms with Crippen LogP contribution in [0.5, 0.6) is 0 Å². The molecule has 0 rings (SSSR count). The molecule has 0 heterocycles. The Labute approximate surface area is 75.1 Å². The van der Waals surface area contributed by atoms with Crippen molar-refractivity contribution in [2.24, 2.45) is 5.11 Å². The van der Waals surface area contributed by atoms with Crippen LogP contribution in [-0.2, 0) is 0 Å². The fourth-order valence-electron chi connectivity index (χ4n) is 0.732. The van der Waals surface area contributed by atoms with E-state index in [1.165, 1.54) is 6.04 Å². The van der Waals surface area contributed by atoms with Gasteiger partial charge >= 0.3 is 0 Å². The lowest BCUT2D eigenvalue weighted by atomic mass is 10.4. The van der Waals surface area contributed by atoms with Crippen molar-refractivity contribution in [1.29, 1.82) is 0 Å². The molecule has 0 fully saturated rings. The van der Waals surface area contributed by atoms with Crippen molar-refractivity contribution in [1.82, 2.24) is 0 Å². The molecule has 68 valence electrons. The summed E-state index contributed by atoms with van der Waals surface area (Å²) in [5, 5.41) is 3.45. The van der Waals surface area contributed by atoms with Crippen molar-refractivity contribution in [2.75, 3.05) is 6.54 Å². The lowest BCUT2D eigenvalue weighted by Gasteiger charge is -2.11. The minimum atomic E-state index is -0.916. The van der Waals surface area contributed by atoms with Crippen LogP contribution in [0.2, 0.25) is 25.7 Å². The first kappa shape index (κ1) is 11.3. The quantitative estimate of drug-likeness (QED) is 0.156. The molecule has 12 heavy (non-hydrogen) atoms. The molecule has 3 nitrogen and oxygen atoms in total. The van der Waals surface area contributed by atoms with Crippen molar-refractivity contribution in [2.45, 2.75) is 32.1 Å². The van der Waals surface area contributed by atoms with Gasteiger partial charge in [0.25, 0.3) is 0 Å². The summed E-state index contributed by atoms with van der Waals surface area (Å²) in [7, 11) is -0.916. The Kier molecular flexibility index (Phi) is 5.50. The average Bonchev–Trinajstić information content (AvgIpc) is 1.94. The summed E-state index contributed by atoms with van der Waals surface area (Å²) in [6.45, 7) is 7.60. The largest absolute Gasteiger partial charge is 0.0937 e. The Morgan fingerprint density at radius 1 is 1.33 bits per heavy atom. The molecule has 0 amide bonds. The van der Waals surface area contributed by atoms with Gasteiger partial charge in [0.15, 0.2) is 0 Å². The van der Waals surface area contributed by atoms with Gasteiger partial charge < -0.3 is 0 Å². The first-order chi connectivity index (χ1) is 5.56. The summed E-state index contributed by atoms with van der Waals surface area (Å²) >= 11 is 0. The van der Waals surface area contributed by atoms with Gasteiger partial charge in [-0.1, -0.05) is 36.9 Å². The molecule has 0 atom stereocenters. The number of hydrogen-bond donors (Lipinski definition) is 0. The second-order valence-electron chi connectivity index (χ2n) is 3.98. The van der Waals surface area contributed by atoms with Crippen LogP contribution in [0.1, 0.15) is 6.42 Å². The molecule has 0 aromatic heterocycles. The fraction of sp³-hybridized carbons (Fsp3) is 0.750. The third kappa shape index (κ3) is 9.27. The Morgan fingerprint density at radius 2 is 2.00 bits per heavy atom. The lowest BCUT2D eigenvalue weighted by molar-refractivity contribution is 0.990. The Morgan fingerprint density at radius 3 is 2.50 bits per heavy atom. The molecule has 0 bridgehead atoms. The van der Waals surface area contributed by atoms with Crippen LogP contribution in [0.25, 0.3) is 10.4 Å². The van der Waals surface area contributed by atoms with Gasteiger partial charge in [-0.15, -0.1) is 0 Å². The standard InChI is InChI=1S/C8H17N3Si/c1-12(2,3)8-6-4-5-7-10-11-9/h4,6H,5,7-8H2,1-3H3/b6-4-. The van der Waals surface area contributed by atoms with E-state index in [1.807, 2.05) is 0 Å². The van der Waals surface area contributed by atoms with E-state index < -0.39 is 8.07 Å². The van der Waals surface area contributed by atoms with Crippen LogP contribution in [0.15, 0.2) is 17.3 Å². The first-order valence-electron chi connectivity index (χ1n) is 4.22. The normalized spacial score (nSPS) is 11.6. The molecule has 0 N–H and O–H groups in total. The van der Waals surface area contributed by atoms with Gasteiger partial charge in [-0.2, -0.15) is 0 Å². The van der Waals surface area contributed by atoms with E-state index in [4.69, 9.17) is 5.53 Å². The van der Waals surface area contributed by atoms with E-state index in [2.05, 4.69) is 41.8 Å². The maximum absolute atomic E-state index is 7.99. The minimum Gasteiger partial charge on any atom is -0.0937 e. The first-order valence-corrected chi connectivity index (χ1v) is 7.93. The van der Waals surface area contributed by atoms with Crippen LogP contribution in [0.4, 0.5) is 0 Å². The SMILES string of the molecule is C[Si](C)(C)C/C=C\CCN=[N+]=[N-]. The van der Waals surface area contributed by atoms with Crippen molar-refractivity contribution >= 4 is 8.07 Å². The van der Waals surface area contributed by atoms with Crippen molar-refractivity contribution in [3.63, 3.8) is 0 Å². The van der Waals surface area contributed by atoms with E-state index >= 15 is 0 Å². The third-order valence-corrected chi connectivity index (χ3v) is 2.82. The van der Waals surface area contributed by atoms with E-state index in [0.29, 0.717) is 6.54 Å². The van der Waals surface area contributed by atoms with Gasteiger partial charge in [0.05, 0.1) is 0 Å². The van der Waals surface area contributed by atoms with Crippen molar-refractivity contribution in [3.05, 3.63) is 22.6 Å². The molecule has 0 radical (unpaired) electrons. The maximum Gasteiger partial charge on any atom is 0.0480 e. The molecule has 0 aromatic carbocycles. The van der Waals surface area contributed by atoms with E-state index in [0.717, 1.165) is 6.42 Å². The summed E-state index contributed by atoms with van der Waals surface area (Å²) in [4.78, 5) is 2.68. The second kappa shape index (κ2) is 5.86. The summed E-state index contributed by atoms with van der Waals surface area (Å²) in [6, 6.07) is 1.21. The van der Waals surface area contributed by atoms with E-state index in [9.17, 15) is 0 Å². The topological polar surface area (TPSA) is 48.8 Å². The summed E-state index contributed by atoms with van der Waals surface area (Å²) in [5.74, 6) is 0. The molecular weight excluding hydrogens is 166 g/mol. The fourth-order valence-corrected chi connectivity index (χ4v) is 1.61. The summed E-state index contributed by atoms with van der Waals surface area (Å²) in [6.07, 6.45) is 5.18. The van der Waals surface area contributed by atoms with Gasteiger partial charge in [-0.25, -0.2) is 0 Å². The highest BCUT2D eigenvalue weighted by Gasteiger charge is 2.08. The van der Waals surface area contributed by atoms with Gasteiger partial charge in [0.2, 0.25) is 0 Å². The summed E-state index contributed by atoms with van der Waals surface area (Å²) in [5.41, 5.74) is 7.99. The summed E-state index contributed by atoms with van der Waals surface area (Å²) < 4.78 is 0. The van der Waals surface area contributed by atoms with Gasteiger partial charge in [0, 0.05) is 19.5 Å². The predicted molar refractivity (Wildman–Crippen MR) is 55.9 cm³/mol. The van der Waals surface area contributed by atoms with Crippen LogP contribution in [0.3, 0.4) is 0 Å². The molecule has 0 unspecified atom stereocenters. The van der Waals surface area contributed by atoms with Crippen LogP contribution >= 0.6 is 0 Å². The third-order valence-electron chi connectivity index (χ3n) is 1.36. The zero-order valence-corrected chi connectivity index (χ0v) is 9.12. The Bertz CT molecular complexity index is 187. The molecule has 0 spiro atoms. The van der Waals surface area contributed by atoms with E-state index in [1.54, 1.807) is 0 Å². The molecule has 4 heteroatoms. The number of nitrogens with zero attached hydrogens (tertiary/aromatic N) is 3. The molecule has 0 aliphatic heterocycles. The highest BCUT2D eigenvalue weighted by Crippen LogP contribution is 2.08. The highest BCUT2D eigenvalue weighted by atomic mass is 28.3. The monoisotopic (exact) mass is 183 g/mol. The molecule has 0 aliphatic rings. The second-order valence-corrected chi connectivity index (χ2v) is 9.51. The van der Waals surface area contributed by atoms with Crippen LogP contribution in [-0.4, -0.2) is 14.6 Å². The van der Waals surface area contributed by atoms with E-state index in [-0.39, 0.29) is 0 Å². The zero-order valence-electron chi connectivity index (χ0n) is 8.12. The Balaban J connectivity index is 3.44. The average molecular weight is 183 g/mol. The Hall–Kier alpha value is -0.733. The number of azide groups is 1. The van der Waals surface area contributed by atoms with Crippen LogP contribution < -0.4 is 0 Å². The van der Waals surface area contributed by atoms with Crippen LogP contribution in [0, 0.1) is 0 Å². The maximum atomic E-state index is 7.99. The molecule has 0 saturated heterocycles. The highest BCUT2D eigenvalue weighted by molar-refractivity contribution is 6.76. The lowest BCUT2D eigenvalue weighted by Crippen LogP contribution is -2.17. The van der Waals surface area contributed by atoms with Gasteiger partial charge in [-0.3, -0.25) is 0 Å². The number of rotatable bonds is 5. The zero-order chi connectivity index (χ0) is 9.45. The van der Waals surface area contributed by atoms with Crippen molar-refractivity contribution < 1.29 is 0 Å². The predicted octanol–water partition coefficient (Wildman–Crippen LogP) is 3.58. The van der Waals surface area contributed by atoms with Crippen molar-refractivity contribution in [3.8, 4) is 0 Å². The minimum absolute atomic E-state index is 0.582. The van der Waals surface area contributed by atoms with Gasteiger partial charge in [0.1, 0.15) is 0 Å². The molecule has 0 aromatic rings. The van der Waals surface area contributed by atoms with Gasteiger partial charge in [-0.05, 0) is 18.0 Å². The molecule has 0 aliphatic carbocycles. The molecule has 0 saturated carbocycles.